The molecule has 5 nitrogen and oxygen atoms in total. The van der Waals surface area contributed by atoms with Crippen LogP contribution in [-0.2, 0) is 9.53 Å². The van der Waals surface area contributed by atoms with Crippen LogP contribution < -0.4 is 5.32 Å². The van der Waals surface area contributed by atoms with Crippen molar-refractivity contribution in [1.82, 2.24) is 10.2 Å². The Morgan fingerprint density at radius 3 is 2.58 bits per heavy atom. The van der Waals surface area contributed by atoms with Gasteiger partial charge in [0.25, 0.3) is 0 Å². The summed E-state index contributed by atoms with van der Waals surface area (Å²) in [6, 6.07) is 0. The molecule has 2 aliphatic rings. The smallest absolute Gasteiger partial charge is 0.410 e. The van der Waals surface area contributed by atoms with Crippen LogP contribution in [0, 0.1) is 5.92 Å². The molecule has 2 rings (SSSR count). The average molecular weight is 363 g/mol. The van der Waals surface area contributed by atoms with Crippen molar-refractivity contribution in [2.45, 2.75) is 77.7 Å². The Bertz CT molecular complexity index is 540. The molecule has 0 bridgehead atoms. The Balaban J connectivity index is 2.02. The molecule has 0 atom stereocenters. The lowest BCUT2D eigenvalue weighted by atomic mass is 9.86. The number of hydrogen-bond donors (Lipinski definition) is 1. The molecule has 5 heteroatoms. The van der Waals surface area contributed by atoms with Crippen molar-refractivity contribution in [3.05, 3.63) is 23.9 Å². The van der Waals surface area contributed by atoms with Gasteiger partial charge in [-0.1, -0.05) is 31.4 Å². The summed E-state index contributed by atoms with van der Waals surface area (Å²) in [6.07, 6.45) is 13.8. The van der Waals surface area contributed by atoms with Gasteiger partial charge >= 0.3 is 6.09 Å². The van der Waals surface area contributed by atoms with Crippen LogP contribution >= 0.6 is 0 Å². The Kier molecular flexibility index (Phi) is 7.73. The maximum absolute atomic E-state index is 12.3. The van der Waals surface area contributed by atoms with Crippen LogP contribution in [0.3, 0.4) is 0 Å². The summed E-state index contributed by atoms with van der Waals surface area (Å²) in [5, 5.41) is 3.12. The summed E-state index contributed by atoms with van der Waals surface area (Å²) in [6.45, 7) is 6.75. The zero-order valence-electron chi connectivity index (χ0n) is 16.6. The number of nitrogens with zero attached hydrogens (tertiary/aromatic N) is 1. The predicted molar refractivity (Wildman–Crippen MR) is 104 cm³/mol. The van der Waals surface area contributed by atoms with E-state index in [-0.39, 0.29) is 12.0 Å². The van der Waals surface area contributed by atoms with Crippen LogP contribution in [0.5, 0.6) is 0 Å². The van der Waals surface area contributed by atoms with E-state index in [9.17, 15) is 9.59 Å². The average Bonchev–Trinajstić information content (AvgIpc) is 2.56. The third kappa shape index (κ3) is 7.22. The molecule has 0 unspecified atom stereocenters. The maximum atomic E-state index is 12.3. The molecular weight excluding hydrogens is 328 g/mol. The Morgan fingerprint density at radius 1 is 1.15 bits per heavy atom. The number of carbonyl (C=O) groups is 2. The van der Waals surface area contributed by atoms with Crippen LogP contribution in [0.2, 0.25) is 0 Å². The molecule has 146 valence electrons. The number of amides is 2. The molecule has 1 heterocycles. The molecule has 0 aromatic rings. The van der Waals surface area contributed by atoms with Gasteiger partial charge in [0.05, 0.1) is 0 Å². The second-order valence-electron chi connectivity index (χ2n) is 8.29. The number of rotatable bonds is 1. The van der Waals surface area contributed by atoms with E-state index in [0.717, 1.165) is 25.0 Å². The van der Waals surface area contributed by atoms with E-state index in [1.54, 1.807) is 4.90 Å². The molecule has 26 heavy (non-hydrogen) atoms. The second-order valence-corrected chi connectivity index (χ2v) is 8.29. The number of carbonyl (C=O) groups excluding carboxylic acids is 2. The van der Waals surface area contributed by atoms with E-state index < -0.39 is 5.60 Å². The number of allylic oxidation sites excluding steroid dienone is 3. The number of hydrogen-bond acceptors (Lipinski definition) is 3. The molecule has 2 amide bonds. The minimum absolute atomic E-state index is 0.0416. The largest absolute Gasteiger partial charge is 0.444 e. The Labute approximate surface area is 157 Å². The minimum atomic E-state index is -0.508. The molecule has 0 spiro atoms. The van der Waals surface area contributed by atoms with E-state index >= 15 is 0 Å². The molecule has 1 aliphatic carbocycles. The number of ether oxygens (including phenoxy) is 1. The van der Waals surface area contributed by atoms with Crippen LogP contribution in [-0.4, -0.2) is 35.6 Å². The monoisotopic (exact) mass is 362 g/mol. The van der Waals surface area contributed by atoms with Gasteiger partial charge in [0, 0.05) is 25.2 Å². The lowest BCUT2D eigenvalue weighted by Gasteiger charge is -2.28. The van der Waals surface area contributed by atoms with Crippen LogP contribution in [0.1, 0.15) is 72.1 Å². The quantitative estimate of drug-likeness (QED) is 0.745. The van der Waals surface area contributed by atoms with Gasteiger partial charge in [0.2, 0.25) is 5.91 Å². The van der Waals surface area contributed by atoms with Gasteiger partial charge in [0.15, 0.2) is 0 Å². The first kappa shape index (κ1) is 20.5. The summed E-state index contributed by atoms with van der Waals surface area (Å²) in [7, 11) is 0. The molecule has 0 saturated heterocycles. The molecule has 0 aromatic carbocycles. The van der Waals surface area contributed by atoms with Crippen molar-refractivity contribution in [2.75, 3.05) is 13.1 Å². The molecule has 1 aliphatic heterocycles. The van der Waals surface area contributed by atoms with Crippen molar-refractivity contribution in [3.8, 4) is 0 Å². The molecule has 1 fully saturated rings. The van der Waals surface area contributed by atoms with E-state index in [1.165, 1.54) is 19.3 Å². The summed E-state index contributed by atoms with van der Waals surface area (Å²) >= 11 is 0. The third-order valence-corrected chi connectivity index (χ3v) is 4.79. The molecule has 1 N–H and O–H groups in total. The first-order valence-corrected chi connectivity index (χ1v) is 9.99. The van der Waals surface area contributed by atoms with Gasteiger partial charge in [-0.05, 0) is 58.4 Å². The van der Waals surface area contributed by atoms with Crippen molar-refractivity contribution in [3.63, 3.8) is 0 Å². The highest BCUT2D eigenvalue weighted by atomic mass is 16.6. The minimum Gasteiger partial charge on any atom is -0.444 e. The topological polar surface area (TPSA) is 58.6 Å². The SMILES string of the molecule is CC(C)(C)OC(=O)N1CC/C=C/C=C(\C2CCCCC2)NC(=O)CCC1. The van der Waals surface area contributed by atoms with E-state index in [4.69, 9.17) is 4.74 Å². The first-order chi connectivity index (χ1) is 12.3. The zero-order valence-corrected chi connectivity index (χ0v) is 16.6. The van der Waals surface area contributed by atoms with Gasteiger partial charge in [-0.3, -0.25) is 4.79 Å². The van der Waals surface area contributed by atoms with Gasteiger partial charge < -0.3 is 15.0 Å². The third-order valence-electron chi connectivity index (χ3n) is 4.79. The van der Waals surface area contributed by atoms with E-state index in [2.05, 4.69) is 11.4 Å². The van der Waals surface area contributed by atoms with Crippen molar-refractivity contribution in [2.24, 2.45) is 5.92 Å². The van der Waals surface area contributed by atoms with Crippen molar-refractivity contribution >= 4 is 12.0 Å². The highest BCUT2D eigenvalue weighted by molar-refractivity contribution is 5.78. The summed E-state index contributed by atoms with van der Waals surface area (Å²) < 4.78 is 5.48. The Hall–Kier alpha value is -1.78. The van der Waals surface area contributed by atoms with E-state index in [0.29, 0.717) is 31.8 Å². The summed E-state index contributed by atoms with van der Waals surface area (Å²) in [5.74, 6) is 0.512. The van der Waals surface area contributed by atoms with Crippen LogP contribution in [0.4, 0.5) is 4.79 Å². The molecule has 0 radical (unpaired) electrons. The fraction of sp³-hybridized carbons (Fsp3) is 0.714. The van der Waals surface area contributed by atoms with Gasteiger partial charge in [0.1, 0.15) is 5.60 Å². The fourth-order valence-electron chi connectivity index (χ4n) is 3.47. The summed E-state index contributed by atoms with van der Waals surface area (Å²) in [5.41, 5.74) is 0.557. The predicted octanol–water partition coefficient (Wildman–Crippen LogP) is 4.54. The first-order valence-electron chi connectivity index (χ1n) is 9.99. The van der Waals surface area contributed by atoms with Crippen molar-refractivity contribution < 1.29 is 14.3 Å². The normalized spacial score (nSPS) is 24.5. The van der Waals surface area contributed by atoms with Crippen molar-refractivity contribution in [1.29, 1.82) is 0 Å². The standard InChI is InChI=1S/C21H34N2O3/c1-21(2,3)26-20(25)23-15-9-5-8-13-18(17-11-6-4-7-12-17)22-19(24)14-10-16-23/h5,8,13,17H,4,6-7,9-12,14-16H2,1-3H3,(H,22,24)/b8-5+,18-13+. The van der Waals surface area contributed by atoms with Gasteiger partial charge in [-0.25, -0.2) is 4.79 Å². The number of nitrogens with one attached hydrogen (secondary N) is 1. The fourth-order valence-corrected chi connectivity index (χ4v) is 3.47. The summed E-state index contributed by atoms with van der Waals surface area (Å²) in [4.78, 5) is 26.4. The molecule has 1 saturated carbocycles. The van der Waals surface area contributed by atoms with Gasteiger partial charge in [-0.2, -0.15) is 0 Å². The Morgan fingerprint density at radius 2 is 1.88 bits per heavy atom. The highest BCUT2D eigenvalue weighted by Gasteiger charge is 2.23. The molecule has 0 aromatic heterocycles. The highest BCUT2D eigenvalue weighted by Crippen LogP contribution is 2.28. The lowest BCUT2D eigenvalue weighted by molar-refractivity contribution is -0.120. The van der Waals surface area contributed by atoms with Gasteiger partial charge in [-0.15, -0.1) is 0 Å². The lowest BCUT2D eigenvalue weighted by Crippen LogP contribution is -2.38. The van der Waals surface area contributed by atoms with Crippen LogP contribution in [0.25, 0.3) is 0 Å². The zero-order chi connectivity index (χ0) is 19.0. The maximum Gasteiger partial charge on any atom is 0.410 e. The molecular formula is C21H34N2O3. The second kappa shape index (κ2) is 9.79. The van der Waals surface area contributed by atoms with Crippen LogP contribution in [0.15, 0.2) is 23.9 Å². The van der Waals surface area contributed by atoms with E-state index in [1.807, 2.05) is 32.9 Å².